The van der Waals surface area contributed by atoms with Crippen LogP contribution in [0.2, 0.25) is 0 Å². The highest BCUT2D eigenvalue weighted by atomic mass is 16.5. The standard InChI is InChI=1S/C23H23N3O2/c1-28-22-11-10-19(16-25-22)17-6-4-7-18(14-17)23(27)26-13-3-2-9-21(26)20-8-5-12-24-15-20/h4-8,10-12,14-16,21H,2-3,9,13H2,1H3. The fourth-order valence-electron chi connectivity index (χ4n) is 3.76. The molecule has 1 fully saturated rings. The van der Waals surface area contributed by atoms with E-state index in [0.29, 0.717) is 11.4 Å². The number of likely N-dealkylation sites (tertiary alicyclic amines) is 1. The molecule has 3 aromatic rings. The molecular weight excluding hydrogens is 350 g/mol. The molecule has 3 heterocycles. The van der Waals surface area contributed by atoms with Crippen molar-refractivity contribution in [3.05, 3.63) is 78.2 Å². The van der Waals surface area contributed by atoms with E-state index in [1.807, 2.05) is 53.6 Å². The van der Waals surface area contributed by atoms with Gasteiger partial charge in [0.05, 0.1) is 13.2 Å². The van der Waals surface area contributed by atoms with Crippen molar-refractivity contribution in [2.45, 2.75) is 25.3 Å². The van der Waals surface area contributed by atoms with Gasteiger partial charge in [-0.1, -0.05) is 18.2 Å². The Kier molecular flexibility index (Phi) is 5.33. The summed E-state index contributed by atoms with van der Waals surface area (Å²) < 4.78 is 5.12. The molecule has 0 aliphatic carbocycles. The van der Waals surface area contributed by atoms with E-state index < -0.39 is 0 Å². The second-order valence-corrected chi connectivity index (χ2v) is 6.97. The van der Waals surface area contributed by atoms with E-state index in [9.17, 15) is 4.79 Å². The molecule has 1 unspecified atom stereocenters. The average molecular weight is 373 g/mol. The maximum atomic E-state index is 13.3. The highest BCUT2D eigenvalue weighted by molar-refractivity contribution is 5.95. The predicted molar refractivity (Wildman–Crippen MR) is 108 cm³/mol. The molecule has 1 aromatic carbocycles. The first-order chi connectivity index (χ1) is 13.8. The van der Waals surface area contributed by atoms with E-state index in [1.54, 1.807) is 19.5 Å². The summed E-state index contributed by atoms with van der Waals surface area (Å²) >= 11 is 0. The Morgan fingerprint density at radius 2 is 2.00 bits per heavy atom. The van der Waals surface area contributed by atoms with Crippen LogP contribution in [-0.4, -0.2) is 34.4 Å². The van der Waals surface area contributed by atoms with Gasteiger partial charge in [0.25, 0.3) is 5.91 Å². The van der Waals surface area contributed by atoms with Crippen LogP contribution < -0.4 is 4.74 Å². The van der Waals surface area contributed by atoms with Gasteiger partial charge in [0.2, 0.25) is 5.88 Å². The topological polar surface area (TPSA) is 55.3 Å². The third-order valence-electron chi connectivity index (χ3n) is 5.22. The molecule has 142 valence electrons. The molecule has 0 spiro atoms. The zero-order valence-electron chi connectivity index (χ0n) is 15.9. The quantitative estimate of drug-likeness (QED) is 0.675. The van der Waals surface area contributed by atoms with Crippen LogP contribution in [0.25, 0.3) is 11.1 Å². The van der Waals surface area contributed by atoms with Crippen molar-refractivity contribution < 1.29 is 9.53 Å². The van der Waals surface area contributed by atoms with Crippen molar-refractivity contribution in [2.24, 2.45) is 0 Å². The summed E-state index contributed by atoms with van der Waals surface area (Å²) in [6.07, 6.45) is 8.54. The molecule has 1 saturated heterocycles. The molecule has 1 atom stereocenters. The van der Waals surface area contributed by atoms with Gasteiger partial charge in [0.15, 0.2) is 0 Å². The minimum atomic E-state index is 0.0665. The molecule has 5 heteroatoms. The van der Waals surface area contributed by atoms with Gasteiger partial charge in [-0.15, -0.1) is 0 Å². The molecule has 28 heavy (non-hydrogen) atoms. The van der Waals surface area contributed by atoms with Crippen molar-refractivity contribution in [3.8, 4) is 17.0 Å². The number of piperidine rings is 1. The lowest BCUT2D eigenvalue weighted by molar-refractivity contribution is 0.0611. The molecule has 2 aromatic heterocycles. The molecule has 0 radical (unpaired) electrons. The van der Waals surface area contributed by atoms with Gasteiger partial charge in [-0.3, -0.25) is 9.78 Å². The third-order valence-corrected chi connectivity index (χ3v) is 5.22. The number of rotatable bonds is 4. The Labute approximate surface area is 165 Å². The fraction of sp³-hybridized carbons (Fsp3) is 0.261. The van der Waals surface area contributed by atoms with Crippen LogP contribution in [0.3, 0.4) is 0 Å². The number of hydrogen-bond acceptors (Lipinski definition) is 4. The van der Waals surface area contributed by atoms with Crippen molar-refractivity contribution in [2.75, 3.05) is 13.7 Å². The van der Waals surface area contributed by atoms with E-state index in [4.69, 9.17) is 4.74 Å². The predicted octanol–water partition coefficient (Wildman–Crippen LogP) is 4.52. The largest absolute Gasteiger partial charge is 0.481 e. The molecule has 1 aliphatic heterocycles. The van der Waals surface area contributed by atoms with E-state index in [0.717, 1.165) is 42.5 Å². The summed E-state index contributed by atoms with van der Waals surface area (Å²) in [6.45, 7) is 0.771. The molecule has 1 amide bonds. The summed E-state index contributed by atoms with van der Waals surface area (Å²) in [5.41, 5.74) is 3.73. The number of ether oxygens (including phenoxy) is 1. The minimum absolute atomic E-state index is 0.0665. The van der Waals surface area contributed by atoms with Crippen LogP contribution in [0.15, 0.2) is 67.1 Å². The summed E-state index contributed by atoms with van der Waals surface area (Å²) in [5, 5.41) is 0. The lowest BCUT2D eigenvalue weighted by atomic mass is 9.95. The SMILES string of the molecule is COc1ccc(-c2cccc(C(=O)N3CCCCC3c3cccnc3)c2)cn1. The van der Waals surface area contributed by atoms with Gasteiger partial charge in [-0.05, 0) is 54.7 Å². The van der Waals surface area contributed by atoms with Gasteiger partial charge < -0.3 is 9.64 Å². The number of hydrogen-bond donors (Lipinski definition) is 0. The second-order valence-electron chi connectivity index (χ2n) is 6.97. The molecule has 0 saturated carbocycles. The lowest BCUT2D eigenvalue weighted by Gasteiger charge is -2.36. The van der Waals surface area contributed by atoms with Gasteiger partial charge in [0, 0.05) is 42.3 Å². The summed E-state index contributed by atoms with van der Waals surface area (Å²) in [4.78, 5) is 23.8. The van der Waals surface area contributed by atoms with Gasteiger partial charge >= 0.3 is 0 Å². The van der Waals surface area contributed by atoms with Gasteiger partial charge in [-0.25, -0.2) is 4.98 Å². The van der Waals surface area contributed by atoms with Crippen LogP contribution in [0.4, 0.5) is 0 Å². The van der Waals surface area contributed by atoms with Crippen LogP contribution >= 0.6 is 0 Å². The molecule has 5 nitrogen and oxygen atoms in total. The number of aromatic nitrogens is 2. The molecule has 0 bridgehead atoms. The van der Waals surface area contributed by atoms with E-state index in [2.05, 4.69) is 16.0 Å². The van der Waals surface area contributed by atoms with E-state index in [-0.39, 0.29) is 11.9 Å². The highest BCUT2D eigenvalue weighted by Gasteiger charge is 2.28. The molecular formula is C23H23N3O2. The fourth-order valence-corrected chi connectivity index (χ4v) is 3.76. The molecule has 0 N–H and O–H groups in total. The number of pyridine rings is 2. The van der Waals surface area contributed by atoms with Crippen molar-refractivity contribution in [1.82, 2.24) is 14.9 Å². The van der Waals surface area contributed by atoms with Gasteiger partial charge in [0.1, 0.15) is 0 Å². The third kappa shape index (κ3) is 3.74. The van der Waals surface area contributed by atoms with E-state index >= 15 is 0 Å². The zero-order valence-corrected chi connectivity index (χ0v) is 15.9. The van der Waals surface area contributed by atoms with Crippen LogP contribution in [0.5, 0.6) is 5.88 Å². The number of amides is 1. The Morgan fingerprint density at radius 3 is 2.75 bits per heavy atom. The Morgan fingerprint density at radius 1 is 1.07 bits per heavy atom. The van der Waals surface area contributed by atoms with Crippen molar-refractivity contribution in [3.63, 3.8) is 0 Å². The highest BCUT2D eigenvalue weighted by Crippen LogP contribution is 2.32. The first-order valence-corrected chi connectivity index (χ1v) is 9.57. The zero-order chi connectivity index (χ0) is 19.3. The molecule has 4 rings (SSSR count). The summed E-state index contributed by atoms with van der Waals surface area (Å²) in [7, 11) is 1.60. The number of benzene rings is 1. The maximum absolute atomic E-state index is 13.3. The normalized spacial score (nSPS) is 16.6. The second kappa shape index (κ2) is 8.21. The van der Waals surface area contributed by atoms with Crippen molar-refractivity contribution >= 4 is 5.91 Å². The summed E-state index contributed by atoms with van der Waals surface area (Å²) in [6, 6.07) is 15.6. The smallest absolute Gasteiger partial charge is 0.254 e. The molecule has 1 aliphatic rings. The number of nitrogens with zero attached hydrogens (tertiary/aromatic N) is 3. The number of carbonyl (C=O) groups is 1. The Balaban J connectivity index is 1.61. The van der Waals surface area contributed by atoms with Crippen LogP contribution in [0.1, 0.15) is 41.2 Å². The first-order valence-electron chi connectivity index (χ1n) is 9.57. The minimum Gasteiger partial charge on any atom is -0.481 e. The number of carbonyl (C=O) groups excluding carboxylic acids is 1. The summed E-state index contributed by atoms with van der Waals surface area (Å²) in [5.74, 6) is 0.639. The number of methoxy groups -OCH3 is 1. The average Bonchev–Trinajstić information content (AvgIpc) is 2.79. The van der Waals surface area contributed by atoms with Gasteiger partial charge in [-0.2, -0.15) is 0 Å². The lowest BCUT2D eigenvalue weighted by Crippen LogP contribution is -2.38. The first kappa shape index (κ1) is 18.2. The van der Waals surface area contributed by atoms with Crippen molar-refractivity contribution in [1.29, 1.82) is 0 Å². The van der Waals surface area contributed by atoms with E-state index in [1.165, 1.54) is 0 Å². The Hall–Kier alpha value is -3.21. The van der Waals surface area contributed by atoms with Crippen LogP contribution in [-0.2, 0) is 0 Å². The van der Waals surface area contributed by atoms with Crippen LogP contribution in [0, 0.1) is 0 Å². The maximum Gasteiger partial charge on any atom is 0.254 e. The monoisotopic (exact) mass is 373 g/mol. The Bertz CT molecular complexity index is 942.